The van der Waals surface area contributed by atoms with Gasteiger partial charge in [0.05, 0.1) is 20.8 Å². The standard InChI is InChI=1S/C19H16ClFN2OS/c20-13-5-6-15(21)14(11-13)19(24)23-9-7-12(8-10-23)18-22-16-3-1-2-4-17(16)25-18/h1-6,11-12H,7-10H2. The number of hydrogen-bond acceptors (Lipinski definition) is 3. The molecule has 0 atom stereocenters. The monoisotopic (exact) mass is 374 g/mol. The number of aromatic nitrogens is 1. The molecular formula is C19H16ClFN2OS. The third-order valence-electron chi connectivity index (χ3n) is 4.60. The number of hydrogen-bond donors (Lipinski definition) is 0. The molecule has 2 aromatic carbocycles. The van der Waals surface area contributed by atoms with E-state index in [1.807, 2.05) is 18.2 Å². The Labute approximate surface area is 154 Å². The second-order valence-electron chi connectivity index (χ2n) is 6.21. The normalized spacial score (nSPS) is 15.7. The number of piperidine rings is 1. The Hall–Kier alpha value is -1.98. The van der Waals surface area contributed by atoms with Crippen molar-refractivity contribution in [2.24, 2.45) is 0 Å². The van der Waals surface area contributed by atoms with Crippen LogP contribution in [0.25, 0.3) is 10.2 Å². The molecule has 1 aliphatic heterocycles. The molecule has 2 heterocycles. The van der Waals surface area contributed by atoms with Crippen LogP contribution in [0.1, 0.15) is 34.1 Å². The smallest absolute Gasteiger partial charge is 0.256 e. The Morgan fingerprint density at radius 1 is 1.20 bits per heavy atom. The summed E-state index contributed by atoms with van der Waals surface area (Å²) in [5, 5.41) is 1.50. The minimum absolute atomic E-state index is 0.0472. The molecule has 3 aromatic rings. The van der Waals surface area contributed by atoms with Crippen LogP contribution in [0.4, 0.5) is 4.39 Å². The summed E-state index contributed by atoms with van der Waals surface area (Å²) in [7, 11) is 0. The number of benzene rings is 2. The largest absolute Gasteiger partial charge is 0.339 e. The van der Waals surface area contributed by atoms with Gasteiger partial charge < -0.3 is 4.90 Å². The van der Waals surface area contributed by atoms with Crippen molar-refractivity contribution < 1.29 is 9.18 Å². The fourth-order valence-electron chi connectivity index (χ4n) is 3.23. The van der Waals surface area contributed by atoms with E-state index in [-0.39, 0.29) is 11.5 Å². The van der Waals surface area contributed by atoms with Crippen LogP contribution in [0.5, 0.6) is 0 Å². The van der Waals surface area contributed by atoms with E-state index in [0.29, 0.717) is 24.0 Å². The average molecular weight is 375 g/mol. The Bertz CT molecular complexity index is 901. The molecule has 0 N–H and O–H groups in total. The highest BCUT2D eigenvalue weighted by atomic mass is 35.5. The van der Waals surface area contributed by atoms with Crippen molar-refractivity contribution in [3.63, 3.8) is 0 Å². The van der Waals surface area contributed by atoms with Crippen LogP contribution in [-0.2, 0) is 0 Å². The van der Waals surface area contributed by atoms with Gasteiger partial charge in [0.1, 0.15) is 5.82 Å². The fourth-order valence-corrected chi connectivity index (χ4v) is 4.53. The van der Waals surface area contributed by atoms with E-state index >= 15 is 0 Å². The number of thiazole rings is 1. The molecule has 0 spiro atoms. The van der Waals surface area contributed by atoms with Crippen molar-refractivity contribution in [3.8, 4) is 0 Å². The van der Waals surface area contributed by atoms with Gasteiger partial charge in [-0.2, -0.15) is 0 Å². The topological polar surface area (TPSA) is 33.2 Å². The Morgan fingerprint density at radius 2 is 1.96 bits per heavy atom. The third kappa shape index (κ3) is 3.26. The van der Waals surface area contributed by atoms with Gasteiger partial charge in [0.2, 0.25) is 0 Å². The first-order valence-electron chi connectivity index (χ1n) is 8.21. The van der Waals surface area contributed by atoms with Gasteiger partial charge in [-0.25, -0.2) is 9.37 Å². The van der Waals surface area contributed by atoms with Crippen molar-refractivity contribution in [1.82, 2.24) is 9.88 Å². The first-order valence-corrected chi connectivity index (χ1v) is 9.41. The zero-order valence-electron chi connectivity index (χ0n) is 13.4. The summed E-state index contributed by atoms with van der Waals surface area (Å²) >= 11 is 7.62. The van der Waals surface area contributed by atoms with E-state index in [0.717, 1.165) is 23.4 Å². The molecule has 1 aromatic heterocycles. The summed E-state index contributed by atoms with van der Waals surface area (Å²) in [4.78, 5) is 19.0. The van der Waals surface area contributed by atoms with Crippen LogP contribution in [0.15, 0.2) is 42.5 Å². The number of nitrogens with zero attached hydrogens (tertiary/aromatic N) is 2. The third-order valence-corrected chi connectivity index (χ3v) is 6.03. The maximum Gasteiger partial charge on any atom is 0.256 e. The number of rotatable bonds is 2. The Morgan fingerprint density at radius 3 is 2.72 bits per heavy atom. The number of amides is 1. The van der Waals surface area contributed by atoms with E-state index in [2.05, 4.69) is 6.07 Å². The van der Waals surface area contributed by atoms with Crippen LogP contribution in [0, 0.1) is 5.82 Å². The molecule has 1 fully saturated rings. The molecule has 1 amide bonds. The van der Waals surface area contributed by atoms with Gasteiger partial charge in [-0.1, -0.05) is 23.7 Å². The van der Waals surface area contributed by atoms with Gasteiger partial charge in [-0.3, -0.25) is 4.79 Å². The van der Waals surface area contributed by atoms with E-state index < -0.39 is 5.82 Å². The SMILES string of the molecule is O=C(c1cc(Cl)ccc1F)N1CCC(c2nc3ccccc3s2)CC1. The van der Waals surface area contributed by atoms with Crippen molar-refractivity contribution in [3.05, 3.63) is 63.9 Å². The summed E-state index contributed by atoms with van der Waals surface area (Å²) in [5.41, 5.74) is 1.08. The van der Waals surface area contributed by atoms with Crippen LogP contribution in [0.2, 0.25) is 5.02 Å². The molecule has 0 saturated carbocycles. The molecule has 0 bridgehead atoms. The summed E-state index contributed by atoms with van der Waals surface area (Å²) < 4.78 is 15.1. The molecule has 6 heteroatoms. The van der Waals surface area contributed by atoms with Crippen molar-refractivity contribution in [1.29, 1.82) is 0 Å². The minimum atomic E-state index is -0.525. The van der Waals surface area contributed by atoms with E-state index in [9.17, 15) is 9.18 Å². The summed E-state index contributed by atoms with van der Waals surface area (Å²) in [5.74, 6) is -0.462. The van der Waals surface area contributed by atoms with Crippen LogP contribution in [-0.4, -0.2) is 28.9 Å². The lowest BCUT2D eigenvalue weighted by atomic mass is 9.97. The molecule has 128 valence electrons. The molecule has 1 aliphatic rings. The van der Waals surface area contributed by atoms with Crippen molar-refractivity contribution in [2.45, 2.75) is 18.8 Å². The molecule has 1 saturated heterocycles. The lowest BCUT2D eigenvalue weighted by Crippen LogP contribution is -2.38. The molecule has 4 rings (SSSR count). The van der Waals surface area contributed by atoms with E-state index in [1.165, 1.54) is 22.9 Å². The number of fused-ring (bicyclic) bond motifs is 1. The molecule has 3 nitrogen and oxygen atoms in total. The molecule has 25 heavy (non-hydrogen) atoms. The predicted molar refractivity (Wildman–Crippen MR) is 98.9 cm³/mol. The van der Waals surface area contributed by atoms with Gasteiger partial charge in [0, 0.05) is 24.0 Å². The molecule has 0 aliphatic carbocycles. The average Bonchev–Trinajstić information content (AvgIpc) is 3.07. The quantitative estimate of drug-likeness (QED) is 0.624. The maximum atomic E-state index is 13.9. The summed E-state index contributed by atoms with van der Waals surface area (Å²) in [6.07, 6.45) is 1.68. The highest BCUT2D eigenvalue weighted by molar-refractivity contribution is 7.18. The van der Waals surface area contributed by atoms with E-state index in [4.69, 9.17) is 16.6 Å². The number of halogens is 2. The number of carbonyl (C=O) groups excluding carboxylic acids is 1. The predicted octanol–water partition coefficient (Wildman–Crippen LogP) is 5.11. The molecule has 0 unspecified atom stereocenters. The Balaban J connectivity index is 1.47. The van der Waals surface area contributed by atoms with Crippen LogP contribution < -0.4 is 0 Å². The van der Waals surface area contributed by atoms with Crippen LogP contribution in [0.3, 0.4) is 0 Å². The number of likely N-dealkylation sites (tertiary alicyclic amines) is 1. The van der Waals surface area contributed by atoms with Gasteiger partial charge in [-0.05, 0) is 43.2 Å². The number of carbonyl (C=O) groups is 1. The highest BCUT2D eigenvalue weighted by Gasteiger charge is 2.27. The second kappa shape index (κ2) is 6.73. The van der Waals surface area contributed by atoms with Gasteiger partial charge in [-0.15, -0.1) is 11.3 Å². The van der Waals surface area contributed by atoms with Crippen molar-refractivity contribution >= 4 is 39.1 Å². The lowest BCUT2D eigenvalue weighted by Gasteiger charge is -2.31. The second-order valence-corrected chi connectivity index (χ2v) is 7.71. The highest BCUT2D eigenvalue weighted by Crippen LogP contribution is 2.34. The lowest BCUT2D eigenvalue weighted by molar-refractivity contribution is 0.0708. The first-order chi connectivity index (χ1) is 12.1. The molecule has 0 radical (unpaired) electrons. The Kier molecular flexibility index (Phi) is 4.44. The van der Waals surface area contributed by atoms with E-state index in [1.54, 1.807) is 16.2 Å². The zero-order valence-corrected chi connectivity index (χ0v) is 15.0. The first kappa shape index (κ1) is 16.5. The maximum absolute atomic E-state index is 13.9. The minimum Gasteiger partial charge on any atom is -0.339 e. The fraction of sp³-hybridized carbons (Fsp3) is 0.263. The zero-order chi connectivity index (χ0) is 17.4. The van der Waals surface area contributed by atoms with Crippen molar-refractivity contribution in [2.75, 3.05) is 13.1 Å². The molecular weight excluding hydrogens is 359 g/mol. The van der Waals surface area contributed by atoms with Gasteiger partial charge in [0.25, 0.3) is 5.91 Å². The summed E-state index contributed by atoms with van der Waals surface area (Å²) in [6.45, 7) is 1.21. The van der Waals surface area contributed by atoms with Gasteiger partial charge >= 0.3 is 0 Å². The van der Waals surface area contributed by atoms with Crippen LogP contribution >= 0.6 is 22.9 Å². The summed E-state index contributed by atoms with van der Waals surface area (Å²) in [6, 6.07) is 12.2. The number of para-hydroxylation sites is 1. The van der Waals surface area contributed by atoms with Gasteiger partial charge in [0.15, 0.2) is 0 Å².